The van der Waals surface area contributed by atoms with Crippen LogP contribution in [0.5, 0.6) is 0 Å². The number of non-ortho nitro benzene ring substituents is 1. The number of carbonyl (C=O) groups excluding carboxylic acids is 1. The Labute approximate surface area is 135 Å². The van der Waals surface area contributed by atoms with Crippen LogP contribution in [0.3, 0.4) is 0 Å². The summed E-state index contributed by atoms with van der Waals surface area (Å²) < 4.78 is 43.1. The number of hydrogen-bond donors (Lipinski definition) is 1. The van der Waals surface area contributed by atoms with Gasteiger partial charge in [-0.15, -0.1) is 0 Å². The van der Waals surface area contributed by atoms with Crippen molar-refractivity contribution in [1.82, 2.24) is 5.32 Å². The normalized spacial score (nSPS) is 18.8. The van der Waals surface area contributed by atoms with E-state index in [0.717, 1.165) is 13.2 Å². The third kappa shape index (κ3) is 3.94. The Kier molecular flexibility index (Phi) is 5.27. The van der Waals surface area contributed by atoms with Crippen LogP contribution >= 0.6 is 0 Å². The van der Waals surface area contributed by atoms with Gasteiger partial charge in [-0.1, -0.05) is 0 Å². The van der Waals surface area contributed by atoms with Crippen LogP contribution in [0.15, 0.2) is 18.2 Å². The van der Waals surface area contributed by atoms with Crippen molar-refractivity contribution >= 4 is 17.3 Å². The lowest BCUT2D eigenvalue weighted by atomic mass is 10.1. The number of nitrogens with zero attached hydrogens (tertiary/aromatic N) is 2. The largest absolute Gasteiger partial charge is 0.465 e. The van der Waals surface area contributed by atoms with E-state index in [0.29, 0.717) is 5.69 Å². The minimum atomic E-state index is -4.35. The maximum atomic E-state index is 12.8. The van der Waals surface area contributed by atoms with Gasteiger partial charge in [-0.3, -0.25) is 10.1 Å². The molecule has 132 valence electrons. The Balaban J connectivity index is 2.30. The molecular weight excluding hydrogens is 331 g/mol. The van der Waals surface area contributed by atoms with Gasteiger partial charge in [-0.05, 0) is 12.5 Å². The molecule has 1 aromatic rings. The Morgan fingerprint density at radius 1 is 1.42 bits per heavy atom. The second-order valence-corrected chi connectivity index (χ2v) is 5.27. The molecule has 0 unspecified atom stereocenters. The topological polar surface area (TPSA) is 84.7 Å². The number of methoxy groups -OCH3 is 1. The van der Waals surface area contributed by atoms with E-state index in [1.54, 1.807) is 4.90 Å². The van der Waals surface area contributed by atoms with E-state index < -0.39 is 23.1 Å². The number of anilines is 1. The second-order valence-electron chi connectivity index (χ2n) is 5.27. The van der Waals surface area contributed by atoms with Crippen LogP contribution in [0.2, 0.25) is 0 Å². The van der Waals surface area contributed by atoms with Gasteiger partial charge >= 0.3 is 12.1 Å². The maximum absolute atomic E-state index is 12.8. The zero-order chi connectivity index (χ0) is 17.9. The first-order chi connectivity index (χ1) is 11.2. The fourth-order valence-corrected chi connectivity index (χ4v) is 2.58. The molecule has 7 nitrogen and oxygen atoms in total. The summed E-state index contributed by atoms with van der Waals surface area (Å²) in [6.07, 6.45) is -4.54. The standard InChI is InChI=1S/C14H16F3N3O4/c1-24-13(21)10-8-9(20(22)23)2-3-11(10)19-6-4-12(14(15,16)17)18-5-7-19/h2-3,8,12,18H,4-7H2,1H3/t12-/m0/s1. The van der Waals surface area contributed by atoms with Crippen molar-refractivity contribution in [3.05, 3.63) is 33.9 Å². The lowest BCUT2D eigenvalue weighted by molar-refractivity contribution is -0.384. The van der Waals surface area contributed by atoms with Gasteiger partial charge in [0.25, 0.3) is 5.69 Å². The van der Waals surface area contributed by atoms with Crippen molar-refractivity contribution in [2.45, 2.75) is 18.6 Å². The third-order valence-corrected chi connectivity index (χ3v) is 3.79. The highest BCUT2D eigenvalue weighted by atomic mass is 19.4. The quantitative estimate of drug-likeness (QED) is 0.512. The molecular formula is C14H16F3N3O4. The minimum Gasteiger partial charge on any atom is -0.465 e. The lowest BCUT2D eigenvalue weighted by Gasteiger charge is -2.24. The molecule has 24 heavy (non-hydrogen) atoms. The lowest BCUT2D eigenvalue weighted by Crippen LogP contribution is -2.42. The third-order valence-electron chi connectivity index (χ3n) is 3.79. The summed E-state index contributed by atoms with van der Waals surface area (Å²) in [6, 6.07) is 2.02. The van der Waals surface area contributed by atoms with Crippen LogP contribution in [0.1, 0.15) is 16.8 Å². The highest BCUT2D eigenvalue weighted by Gasteiger charge is 2.40. The number of hydrogen-bond acceptors (Lipinski definition) is 6. The zero-order valence-corrected chi connectivity index (χ0v) is 12.8. The zero-order valence-electron chi connectivity index (χ0n) is 12.8. The molecule has 0 saturated carbocycles. The SMILES string of the molecule is COC(=O)c1cc([N+](=O)[O-])ccc1N1CCN[C@H](C(F)(F)F)CC1. The molecule has 1 atom stereocenters. The summed E-state index contributed by atoms with van der Waals surface area (Å²) in [6.45, 7) is 0.356. The van der Waals surface area contributed by atoms with Crippen LogP contribution in [0.4, 0.5) is 24.5 Å². The number of esters is 1. The van der Waals surface area contributed by atoms with E-state index in [-0.39, 0.29) is 37.3 Å². The molecule has 2 rings (SSSR count). The van der Waals surface area contributed by atoms with Gasteiger partial charge in [0.05, 0.1) is 23.3 Å². The Hall–Kier alpha value is -2.36. The van der Waals surface area contributed by atoms with E-state index in [1.165, 1.54) is 12.1 Å². The molecule has 1 saturated heterocycles. The molecule has 0 aliphatic carbocycles. The molecule has 0 amide bonds. The fraction of sp³-hybridized carbons (Fsp3) is 0.500. The molecule has 0 aromatic heterocycles. The van der Waals surface area contributed by atoms with Crippen LogP contribution in [-0.2, 0) is 4.74 Å². The van der Waals surface area contributed by atoms with Crippen LogP contribution in [0, 0.1) is 10.1 Å². The molecule has 1 fully saturated rings. The van der Waals surface area contributed by atoms with Crippen LogP contribution < -0.4 is 10.2 Å². The molecule has 1 aromatic carbocycles. The van der Waals surface area contributed by atoms with E-state index in [4.69, 9.17) is 0 Å². The first-order valence-electron chi connectivity index (χ1n) is 7.16. The predicted molar refractivity (Wildman–Crippen MR) is 79.1 cm³/mol. The van der Waals surface area contributed by atoms with Crippen molar-refractivity contribution in [1.29, 1.82) is 0 Å². The smallest absolute Gasteiger partial charge is 0.403 e. The van der Waals surface area contributed by atoms with Crippen LogP contribution in [0.25, 0.3) is 0 Å². The Bertz CT molecular complexity index is 636. The van der Waals surface area contributed by atoms with Gasteiger partial charge in [0, 0.05) is 31.8 Å². The summed E-state index contributed by atoms with van der Waals surface area (Å²) in [5.74, 6) is -0.779. The molecule has 1 aliphatic rings. The molecule has 0 radical (unpaired) electrons. The van der Waals surface area contributed by atoms with Crippen molar-refractivity contribution in [2.75, 3.05) is 31.6 Å². The highest BCUT2D eigenvalue weighted by Crippen LogP contribution is 2.29. The van der Waals surface area contributed by atoms with Crippen molar-refractivity contribution in [3.63, 3.8) is 0 Å². The van der Waals surface area contributed by atoms with Crippen LogP contribution in [-0.4, -0.2) is 49.9 Å². The number of ether oxygens (including phenoxy) is 1. The van der Waals surface area contributed by atoms with E-state index in [9.17, 15) is 28.1 Å². The summed E-state index contributed by atoms with van der Waals surface area (Å²) in [5, 5.41) is 13.3. The number of nitro benzene ring substituents is 1. The summed E-state index contributed by atoms with van der Waals surface area (Å²) >= 11 is 0. The number of alkyl halides is 3. The average Bonchev–Trinajstić information content (AvgIpc) is 2.79. The van der Waals surface area contributed by atoms with E-state index in [2.05, 4.69) is 10.1 Å². The van der Waals surface area contributed by atoms with Gasteiger partial charge in [-0.25, -0.2) is 4.79 Å². The number of rotatable bonds is 3. The summed E-state index contributed by atoms with van der Waals surface area (Å²) in [7, 11) is 1.13. The number of halogens is 3. The fourth-order valence-electron chi connectivity index (χ4n) is 2.58. The predicted octanol–water partition coefficient (Wildman–Crippen LogP) is 2.11. The minimum absolute atomic E-state index is 0.0443. The Morgan fingerprint density at radius 2 is 2.12 bits per heavy atom. The van der Waals surface area contributed by atoms with E-state index >= 15 is 0 Å². The average molecular weight is 347 g/mol. The highest BCUT2D eigenvalue weighted by molar-refractivity contribution is 5.96. The number of carbonyl (C=O) groups is 1. The van der Waals surface area contributed by atoms with Gasteiger partial charge in [0.1, 0.15) is 6.04 Å². The first-order valence-corrected chi connectivity index (χ1v) is 7.16. The molecule has 10 heteroatoms. The first kappa shape index (κ1) is 18.0. The summed E-state index contributed by atoms with van der Waals surface area (Å²) in [5.41, 5.74) is -0.0190. The van der Waals surface area contributed by atoms with Gasteiger partial charge in [0.15, 0.2) is 0 Å². The number of nitro groups is 1. The number of nitrogens with one attached hydrogen (secondary N) is 1. The van der Waals surface area contributed by atoms with Gasteiger partial charge < -0.3 is 15.0 Å². The molecule has 0 spiro atoms. The molecule has 1 aliphatic heterocycles. The second kappa shape index (κ2) is 7.04. The van der Waals surface area contributed by atoms with Gasteiger partial charge in [-0.2, -0.15) is 13.2 Å². The maximum Gasteiger partial charge on any atom is 0.403 e. The Morgan fingerprint density at radius 3 is 2.71 bits per heavy atom. The molecule has 1 N–H and O–H groups in total. The van der Waals surface area contributed by atoms with Crippen molar-refractivity contribution in [2.24, 2.45) is 0 Å². The van der Waals surface area contributed by atoms with Gasteiger partial charge in [0.2, 0.25) is 0 Å². The van der Waals surface area contributed by atoms with E-state index in [1.807, 2.05) is 0 Å². The van der Waals surface area contributed by atoms with Crippen molar-refractivity contribution in [3.8, 4) is 0 Å². The van der Waals surface area contributed by atoms with Crippen molar-refractivity contribution < 1.29 is 27.6 Å². The summed E-state index contributed by atoms with van der Waals surface area (Å²) in [4.78, 5) is 23.7. The molecule has 1 heterocycles. The monoisotopic (exact) mass is 347 g/mol. The molecule has 0 bridgehead atoms. The number of benzene rings is 1.